The van der Waals surface area contributed by atoms with Crippen LogP contribution in [0.2, 0.25) is 5.02 Å². The Kier molecular flexibility index (Phi) is 4.43. The Labute approximate surface area is 142 Å². The van der Waals surface area contributed by atoms with Gasteiger partial charge in [0.15, 0.2) is 6.10 Å². The number of halogens is 1. The second kappa shape index (κ2) is 6.67. The van der Waals surface area contributed by atoms with E-state index in [4.69, 9.17) is 20.8 Å². The lowest BCUT2D eigenvalue weighted by molar-refractivity contribution is -0.384. The molecule has 0 saturated heterocycles. The van der Waals surface area contributed by atoms with E-state index in [-0.39, 0.29) is 16.6 Å². The van der Waals surface area contributed by atoms with Gasteiger partial charge in [0.25, 0.3) is 11.6 Å². The standard InChI is InChI=1S/C16H12ClN3O4/c1-10(23-14-8-7-12(20(21)22)9-13(14)17)15-18-19-16(24-15)11-5-3-2-4-6-11/h2-10H,1H3/t10-/m1/s1. The molecule has 1 atom stereocenters. The summed E-state index contributed by atoms with van der Waals surface area (Å²) in [6, 6.07) is 13.3. The molecule has 0 bridgehead atoms. The van der Waals surface area contributed by atoms with E-state index in [1.807, 2.05) is 30.3 Å². The first-order chi connectivity index (χ1) is 11.5. The minimum Gasteiger partial charge on any atom is -0.479 e. The molecule has 0 radical (unpaired) electrons. The Hall–Kier alpha value is -2.93. The third kappa shape index (κ3) is 3.36. The van der Waals surface area contributed by atoms with Crippen LogP contribution in [0.4, 0.5) is 5.69 Å². The fourth-order valence-electron chi connectivity index (χ4n) is 2.04. The largest absolute Gasteiger partial charge is 0.479 e. The summed E-state index contributed by atoms with van der Waals surface area (Å²) < 4.78 is 11.3. The smallest absolute Gasteiger partial charge is 0.271 e. The van der Waals surface area contributed by atoms with Crippen LogP contribution in [-0.4, -0.2) is 15.1 Å². The molecule has 3 aromatic rings. The molecule has 7 nitrogen and oxygen atoms in total. The van der Waals surface area contributed by atoms with Crippen molar-refractivity contribution in [2.75, 3.05) is 0 Å². The van der Waals surface area contributed by atoms with Crippen molar-refractivity contribution in [1.82, 2.24) is 10.2 Å². The lowest BCUT2D eigenvalue weighted by atomic mass is 10.2. The monoisotopic (exact) mass is 345 g/mol. The van der Waals surface area contributed by atoms with Crippen molar-refractivity contribution >= 4 is 17.3 Å². The number of ether oxygens (including phenoxy) is 1. The van der Waals surface area contributed by atoms with Crippen LogP contribution in [0.25, 0.3) is 11.5 Å². The zero-order valence-electron chi connectivity index (χ0n) is 12.5. The van der Waals surface area contributed by atoms with Crippen molar-refractivity contribution in [3.63, 3.8) is 0 Å². The molecule has 3 rings (SSSR count). The number of nitro benzene ring substituents is 1. The molecule has 1 aromatic heterocycles. The summed E-state index contributed by atoms with van der Waals surface area (Å²) in [6.45, 7) is 1.72. The normalized spacial score (nSPS) is 11.9. The summed E-state index contributed by atoms with van der Waals surface area (Å²) in [5.74, 6) is 0.966. The third-order valence-corrected chi connectivity index (χ3v) is 3.53. The van der Waals surface area contributed by atoms with Crippen LogP contribution in [0.3, 0.4) is 0 Å². The molecule has 0 saturated carbocycles. The molecule has 0 aliphatic rings. The molecular weight excluding hydrogens is 334 g/mol. The van der Waals surface area contributed by atoms with Gasteiger partial charge in [-0.25, -0.2) is 0 Å². The van der Waals surface area contributed by atoms with Gasteiger partial charge in [-0.15, -0.1) is 10.2 Å². The minimum atomic E-state index is -0.561. The van der Waals surface area contributed by atoms with Gasteiger partial charge >= 0.3 is 0 Å². The Bertz CT molecular complexity index is 867. The number of hydrogen-bond donors (Lipinski definition) is 0. The molecule has 24 heavy (non-hydrogen) atoms. The molecule has 122 valence electrons. The second-order valence-corrected chi connectivity index (χ2v) is 5.35. The lowest BCUT2D eigenvalue weighted by Gasteiger charge is -2.12. The highest BCUT2D eigenvalue weighted by molar-refractivity contribution is 6.32. The fourth-order valence-corrected chi connectivity index (χ4v) is 2.26. The number of benzene rings is 2. The zero-order chi connectivity index (χ0) is 17.1. The van der Waals surface area contributed by atoms with Crippen molar-refractivity contribution < 1.29 is 14.1 Å². The van der Waals surface area contributed by atoms with Gasteiger partial charge < -0.3 is 9.15 Å². The van der Waals surface area contributed by atoms with Crippen LogP contribution >= 0.6 is 11.6 Å². The fraction of sp³-hybridized carbons (Fsp3) is 0.125. The average Bonchev–Trinajstić information content (AvgIpc) is 3.07. The number of nitro groups is 1. The molecular formula is C16H12ClN3O4. The maximum Gasteiger partial charge on any atom is 0.271 e. The number of rotatable bonds is 5. The van der Waals surface area contributed by atoms with E-state index < -0.39 is 11.0 Å². The summed E-state index contributed by atoms with van der Waals surface area (Å²) in [5, 5.41) is 18.8. The van der Waals surface area contributed by atoms with Gasteiger partial charge in [-0.3, -0.25) is 10.1 Å². The quantitative estimate of drug-likeness (QED) is 0.501. The van der Waals surface area contributed by atoms with Crippen molar-refractivity contribution in [3.05, 3.63) is 69.6 Å². The first kappa shape index (κ1) is 15.9. The van der Waals surface area contributed by atoms with E-state index in [0.29, 0.717) is 11.6 Å². The number of hydrogen-bond acceptors (Lipinski definition) is 6. The van der Waals surface area contributed by atoms with E-state index in [2.05, 4.69) is 10.2 Å². The lowest BCUT2D eigenvalue weighted by Crippen LogP contribution is -2.04. The summed E-state index contributed by atoms with van der Waals surface area (Å²) in [6.07, 6.45) is -0.561. The molecule has 0 amide bonds. The van der Waals surface area contributed by atoms with Crippen molar-refractivity contribution in [1.29, 1.82) is 0 Å². The zero-order valence-corrected chi connectivity index (χ0v) is 13.3. The predicted molar refractivity (Wildman–Crippen MR) is 86.9 cm³/mol. The maximum absolute atomic E-state index is 10.7. The van der Waals surface area contributed by atoms with Gasteiger partial charge in [-0.05, 0) is 25.1 Å². The Morgan fingerprint density at radius 2 is 1.96 bits per heavy atom. The molecule has 0 fully saturated rings. The Morgan fingerprint density at radius 3 is 2.62 bits per heavy atom. The van der Waals surface area contributed by atoms with Crippen molar-refractivity contribution in [2.45, 2.75) is 13.0 Å². The third-order valence-electron chi connectivity index (χ3n) is 3.24. The molecule has 0 aliphatic heterocycles. The molecule has 1 heterocycles. The first-order valence-corrected chi connectivity index (χ1v) is 7.42. The topological polar surface area (TPSA) is 91.3 Å². The van der Waals surface area contributed by atoms with Gasteiger partial charge in [0.1, 0.15) is 5.75 Å². The first-order valence-electron chi connectivity index (χ1n) is 7.04. The highest BCUT2D eigenvalue weighted by Crippen LogP contribution is 2.32. The SMILES string of the molecule is C[C@@H](Oc1ccc([N+](=O)[O-])cc1Cl)c1nnc(-c2ccccc2)o1. The number of non-ortho nitro benzene ring substituents is 1. The van der Waals surface area contributed by atoms with E-state index in [0.717, 1.165) is 5.56 Å². The van der Waals surface area contributed by atoms with Crippen molar-refractivity contribution in [2.24, 2.45) is 0 Å². The molecule has 0 unspecified atom stereocenters. The Morgan fingerprint density at radius 1 is 1.21 bits per heavy atom. The van der Waals surface area contributed by atoms with Crippen LogP contribution in [0.15, 0.2) is 52.9 Å². The van der Waals surface area contributed by atoms with Crippen molar-refractivity contribution in [3.8, 4) is 17.2 Å². The maximum atomic E-state index is 10.7. The average molecular weight is 346 g/mol. The Balaban J connectivity index is 1.77. The van der Waals surface area contributed by atoms with Crippen LogP contribution in [0.1, 0.15) is 18.9 Å². The number of nitrogens with zero attached hydrogens (tertiary/aromatic N) is 3. The summed E-state index contributed by atoms with van der Waals surface area (Å²) in [4.78, 5) is 10.2. The molecule has 8 heteroatoms. The predicted octanol–water partition coefficient (Wildman–Crippen LogP) is 4.44. The molecule has 0 spiro atoms. The second-order valence-electron chi connectivity index (χ2n) is 4.94. The van der Waals surface area contributed by atoms with Gasteiger partial charge in [0.05, 0.1) is 9.95 Å². The summed E-state index contributed by atoms with van der Waals surface area (Å²) >= 11 is 6.01. The van der Waals surface area contributed by atoms with E-state index in [1.165, 1.54) is 18.2 Å². The van der Waals surface area contributed by atoms with Gasteiger partial charge in [-0.2, -0.15) is 0 Å². The molecule has 0 aliphatic carbocycles. The van der Waals surface area contributed by atoms with Gasteiger partial charge in [0, 0.05) is 17.7 Å². The van der Waals surface area contributed by atoms with E-state index in [9.17, 15) is 10.1 Å². The van der Waals surface area contributed by atoms with E-state index >= 15 is 0 Å². The van der Waals surface area contributed by atoms with Gasteiger partial charge in [-0.1, -0.05) is 29.8 Å². The van der Waals surface area contributed by atoms with Crippen LogP contribution in [0.5, 0.6) is 5.75 Å². The molecule has 0 N–H and O–H groups in total. The highest BCUT2D eigenvalue weighted by Gasteiger charge is 2.19. The summed E-state index contributed by atoms with van der Waals surface area (Å²) in [5.41, 5.74) is 0.695. The highest BCUT2D eigenvalue weighted by atomic mass is 35.5. The van der Waals surface area contributed by atoms with Crippen LogP contribution in [0, 0.1) is 10.1 Å². The minimum absolute atomic E-state index is 0.107. The van der Waals surface area contributed by atoms with Gasteiger partial charge in [0.2, 0.25) is 5.89 Å². The van der Waals surface area contributed by atoms with Crippen LogP contribution in [-0.2, 0) is 0 Å². The summed E-state index contributed by atoms with van der Waals surface area (Å²) in [7, 11) is 0. The van der Waals surface area contributed by atoms with E-state index in [1.54, 1.807) is 6.92 Å². The number of aromatic nitrogens is 2. The van der Waals surface area contributed by atoms with Crippen LogP contribution < -0.4 is 4.74 Å². The molecule has 2 aromatic carbocycles.